The number of benzene rings is 3. The summed E-state index contributed by atoms with van der Waals surface area (Å²) in [5.41, 5.74) is 6.07. The van der Waals surface area contributed by atoms with Gasteiger partial charge in [-0.25, -0.2) is 4.98 Å². The van der Waals surface area contributed by atoms with E-state index in [0.717, 1.165) is 17.7 Å². The van der Waals surface area contributed by atoms with E-state index in [1.165, 1.54) is 30.6 Å². The molecule has 168 valence electrons. The fourth-order valence-corrected chi connectivity index (χ4v) is 3.72. The minimum absolute atomic E-state index is 0.00494. The van der Waals surface area contributed by atoms with Crippen molar-refractivity contribution in [2.75, 3.05) is 5.32 Å². The molecular formula is C23H16ClF3N4O2. The number of nitrogens with zero attached hydrogens (tertiary/aromatic N) is 2. The fourth-order valence-electron chi connectivity index (χ4n) is 3.55. The van der Waals surface area contributed by atoms with Crippen LogP contribution in [0.15, 0.2) is 60.9 Å². The predicted octanol–water partition coefficient (Wildman–Crippen LogP) is 5.36. The van der Waals surface area contributed by atoms with Crippen LogP contribution in [-0.4, -0.2) is 21.4 Å². The van der Waals surface area contributed by atoms with Crippen LogP contribution in [0.4, 0.5) is 18.9 Å². The predicted molar refractivity (Wildman–Crippen MR) is 119 cm³/mol. The van der Waals surface area contributed by atoms with Crippen LogP contribution in [0.5, 0.6) is 0 Å². The Morgan fingerprint density at radius 1 is 1.06 bits per heavy atom. The average Bonchev–Trinajstić information content (AvgIpc) is 3.18. The molecular weight excluding hydrogens is 457 g/mol. The van der Waals surface area contributed by atoms with Gasteiger partial charge in [0.2, 0.25) is 0 Å². The highest BCUT2D eigenvalue weighted by Crippen LogP contribution is 2.33. The van der Waals surface area contributed by atoms with Gasteiger partial charge in [-0.3, -0.25) is 14.2 Å². The molecule has 1 heterocycles. The second-order valence-electron chi connectivity index (χ2n) is 7.25. The second-order valence-corrected chi connectivity index (χ2v) is 7.66. The molecule has 0 atom stereocenters. The van der Waals surface area contributed by atoms with Crippen molar-refractivity contribution < 1.29 is 22.8 Å². The number of alkyl halides is 3. The molecule has 0 aliphatic rings. The van der Waals surface area contributed by atoms with Crippen LogP contribution in [0.3, 0.4) is 0 Å². The number of amides is 2. The lowest BCUT2D eigenvalue weighted by Crippen LogP contribution is -2.19. The van der Waals surface area contributed by atoms with Crippen LogP contribution < -0.4 is 11.1 Å². The van der Waals surface area contributed by atoms with Gasteiger partial charge in [-0.2, -0.15) is 13.2 Å². The summed E-state index contributed by atoms with van der Waals surface area (Å²) in [5.74, 6) is -1.79. The molecule has 2 amide bonds. The Bertz CT molecular complexity index is 1410. The summed E-state index contributed by atoms with van der Waals surface area (Å²) < 4.78 is 41.6. The van der Waals surface area contributed by atoms with E-state index < -0.39 is 29.1 Å². The molecule has 0 saturated carbocycles. The van der Waals surface area contributed by atoms with Gasteiger partial charge in [0.15, 0.2) is 0 Å². The number of hydrogen-bond acceptors (Lipinski definition) is 3. The summed E-state index contributed by atoms with van der Waals surface area (Å²) in [7, 11) is 0. The zero-order valence-electron chi connectivity index (χ0n) is 17.1. The van der Waals surface area contributed by atoms with Crippen molar-refractivity contribution in [3.8, 4) is 5.69 Å². The quantitative estimate of drug-likeness (QED) is 0.419. The summed E-state index contributed by atoms with van der Waals surface area (Å²) in [6, 6.07) is 12.5. The van der Waals surface area contributed by atoms with Crippen LogP contribution >= 0.6 is 11.6 Å². The van der Waals surface area contributed by atoms with Crippen molar-refractivity contribution in [2.45, 2.75) is 13.1 Å². The normalized spacial score (nSPS) is 11.5. The number of imidazole rings is 1. The van der Waals surface area contributed by atoms with Gasteiger partial charge in [0.1, 0.15) is 11.8 Å². The SMILES string of the molecule is Cc1c(Cl)cccc1-n1cnc2c(C(N)=O)cc(NC(=O)c3ccccc3C(F)(F)F)cc21. The van der Waals surface area contributed by atoms with Crippen LogP contribution in [-0.2, 0) is 6.18 Å². The van der Waals surface area contributed by atoms with Gasteiger partial charge in [0.05, 0.1) is 27.9 Å². The van der Waals surface area contributed by atoms with Crippen LogP contribution in [0.2, 0.25) is 5.02 Å². The molecule has 0 aliphatic heterocycles. The lowest BCUT2D eigenvalue weighted by Gasteiger charge is -2.14. The number of rotatable bonds is 4. The first-order valence-corrected chi connectivity index (χ1v) is 9.99. The Morgan fingerprint density at radius 3 is 2.48 bits per heavy atom. The number of carbonyl (C=O) groups is 2. The van der Waals surface area contributed by atoms with E-state index in [-0.39, 0.29) is 16.8 Å². The summed E-state index contributed by atoms with van der Waals surface area (Å²) in [4.78, 5) is 29.1. The molecule has 4 aromatic rings. The number of halogens is 4. The molecule has 10 heteroatoms. The van der Waals surface area contributed by atoms with Gasteiger partial charge in [-0.15, -0.1) is 0 Å². The number of fused-ring (bicyclic) bond motifs is 1. The molecule has 4 rings (SSSR count). The maximum atomic E-state index is 13.3. The molecule has 0 aliphatic carbocycles. The molecule has 0 spiro atoms. The molecule has 0 saturated heterocycles. The second kappa shape index (κ2) is 8.25. The van der Waals surface area contributed by atoms with Gasteiger partial charge < -0.3 is 11.1 Å². The molecule has 3 aromatic carbocycles. The first-order chi connectivity index (χ1) is 15.6. The lowest BCUT2D eigenvalue weighted by atomic mass is 10.1. The Balaban J connectivity index is 1.84. The maximum absolute atomic E-state index is 13.3. The van der Waals surface area contributed by atoms with Crippen molar-refractivity contribution in [1.82, 2.24) is 9.55 Å². The number of anilines is 1. The van der Waals surface area contributed by atoms with Gasteiger partial charge in [-0.1, -0.05) is 29.8 Å². The molecule has 0 radical (unpaired) electrons. The topological polar surface area (TPSA) is 90.0 Å². The number of carbonyl (C=O) groups excluding carboxylic acids is 2. The smallest absolute Gasteiger partial charge is 0.366 e. The van der Waals surface area contributed by atoms with Gasteiger partial charge in [-0.05, 0) is 48.9 Å². The standard InChI is InChI=1S/C23H16ClF3N4O2/c1-12-17(24)7-4-8-18(12)31-11-29-20-15(21(28)32)9-13(10-19(20)31)30-22(33)14-5-2-3-6-16(14)23(25,26)27/h2-11H,1H3,(H2,28,32)(H,30,33). The molecule has 0 unspecified atom stereocenters. The molecule has 3 N–H and O–H groups in total. The van der Waals surface area contributed by atoms with Gasteiger partial charge >= 0.3 is 6.18 Å². The van der Waals surface area contributed by atoms with E-state index >= 15 is 0 Å². The van der Waals surface area contributed by atoms with Crippen LogP contribution in [0, 0.1) is 6.92 Å². The fraction of sp³-hybridized carbons (Fsp3) is 0.0870. The van der Waals surface area contributed by atoms with Crippen molar-refractivity contribution in [3.05, 3.63) is 88.2 Å². The van der Waals surface area contributed by atoms with E-state index in [9.17, 15) is 22.8 Å². The number of nitrogens with one attached hydrogen (secondary N) is 1. The van der Waals surface area contributed by atoms with E-state index in [2.05, 4.69) is 10.3 Å². The van der Waals surface area contributed by atoms with Gasteiger partial charge in [0, 0.05) is 10.7 Å². The third-order valence-corrected chi connectivity index (χ3v) is 5.56. The number of hydrogen-bond donors (Lipinski definition) is 2. The Hall–Kier alpha value is -3.85. The number of nitrogens with two attached hydrogens (primary N) is 1. The van der Waals surface area contributed by atoms with E-state index in [1.54, 1.807) is 29.7 Å². The monoisotopic (exact) mass is 472 g/mol. The minimum Gasteiger partial charge on any atom is -0.366 e. The lowest BCUT2D eigenvalue weighted by molar-refractivity contribution is -0.137. The van der Waals surface area contributed by atoms with Crippen molar-refractivity contribution in [2.24, 2.45) is 5.73 Å². The third kappa shape index (κ3) is 4.14. The zero-order chi connectivity index (χ0) is 23.9. The van der Waals surface area contributed by atoms with E-state index in [0.29, 0.717) is 16.2 Å². The molecule has 1 aromatic heterocycles. The van der Waals surface area contributed by atoms with Crippen molar-refractivity contribution in [1.29, 1.82) is 0 Å². The molecule has 33 heavy (non-hydrogen) atoms. The highest BCUT2D eigenvalue weighted by atomic mass is 35.5. The van der Waals surface area contributed by atoms with Gasteiger partial charge in [0.25, 0.3) is 11.8 Å². The number of primary amides is 1. The molecule has 0 bridgehead atoms. The Morgan fingerprint density at radius 2 is 1.79 bits per heavy atom. The van der Waals surface area contributed by atoms with E-state index in [4.69, 9.17) is 17.3 Å². The Kier molecular flexibility index (Phi) is 5.59. The summed E-state index contributed by atoms with van der Waals surface area (Å²) in [6.45, 7) is 1.80. The maximum Gasteiger partial charge on any atom is 0.417 e. The van der Waals surface area contributed by atoms with Crippen LogP contribution in [0.1, 0.15) is 31.8 Å². The first-order valence-electron chi connectivity index (χ1n) is 9.62. The highest BCUT2D eigenvalue weighted by Gasteiger charge is 2.35. The number of aromatic nitrogens is 2. The van der Waals surface area contributed by atoms with E-state index in [1.807, 2.05) is 0 Å². The molecule has 6 nitrogen and oxygen atoms in total. The Labute approximate surface area is 190 Å². The zero-order valence-corrected chi connectivity index (χ0v) is 17.8. The summed E-state index contributed by atoms with van der Waals surface area (Å²) in [5, 5.41) is 2.95. The third-order valence-electron chi connectivity index (χ3n) is 5.15. The largest absolute Gasteiger partial charge is 0.417 e. The van der Waals surface area contributed by atoms with Crippen molar-refractivity contribution in [3.63, 3.8) is 0 Å². The minimum atomic E-state index is -4.71. The van der Waals surface area contributed by atoms with Crippen LogP contribution in [0.25, 0.3) is 16.7 Å². The first kappa shape index (κ1) is 22.3. The average molecular weight is 473 g/mol. The van der Waals surface area contributed by atoms with Crippen molar-refractivity contribution >= 4 is 40.1 Å². The summed E-state index contributed by atoms with van der Waals surface area (Å²) >= 11 is 6.23. The molecule has 0 fully saturated rings. The summed E-state index contributed by atoms with van der Waals surface area (Å²) in [6.07, 6.45) is -3.24. The highest BCUT2D eigenvalue weighted by molar-refractivity contribution is 6.31.